The predicted octanol–water partition coefficient (Wildman–Crippen LogP) is 1.73. The first kappa shape index (κ1) is 8.62. The summed E-state index contributed by atoms with van der Waals surface area (Å²) in [5.41, 5.74) is -0.300. The third kappa shape index (κ3) is 1.75. The van der Waals surface area contributed by atoms with Crippen LogP contribution in [-0.2, 0) is 10.3 Å². The van der Waals surface area contributed by atoms with E-state index >= 15 is 0 Å². The average molecular weight is 172 g/mol. The zero-order valence-corrected chi connectivity index (χ0v) is 8.03. The zero-order chi connectivity index (χ0) is 8.48. The molecule has 11 heavy (non-hydrogen) atoms. The van der Waals surface area contributed by atoms with Crippen LogP contribution in [0.15, 0.2) is 0 Å². The molecule has 1 heterocycles. The van der Waals surface area contributed by atoms with E-state index in [1.165, 1.54) is 0 Å². The van der Waals surface area contributed by atoms with E-state index in [0.29, 0.717) is 0 Å². The van der Waals surface area contributed by atoms with Crippen molar-refractivity contribution in [1.82, 2.24) is 10.2 Å². The number of hydrogen-bond donors (Lipinski definition) is 0. The van der Waals surface area contributed by atoms with Crippen LogP contribution < -0.4 is 0 Å². The summed E-state index contributed by atoms with van der Waals surface area (Å²) in [4.78, 5) is 0. The molecule has 1 aromatic heterocycles. The van der Waals surface area contributed by atoms with Crippen LogP contribution in [0, 0.1) is 6.92 Å². The average Bonchev–Trinajstić information content (AvgIpc) is 2.36. The Hall–Kier alpha value is -0.480. The topological polar surface area (TPSA) is 35.0 Å². The molecule has 0 saturated heterocycles. The lowest BCUT2D eigenvalue weighted by Gasteiger charge is -2.18. The first-order chi connectivity index (χ1) is 5.06. The number of rotatable bonds is 2. The standard InChI is InChI=1S/C7H12N2OS/c1-5-8-9-6(11-5)7(2,3)10-4/h1-4H3. The zero-order valence-electron chi connectivity index (χ0n) is 7.21. The fourth-order valence-corrected chi connectivity index (χ4v) is 1.40. The van der Waals surface area contributed by atoms with E-state index in [2.05, 4.69) is 10.2 Å². The van der Waals surface area contributed by atoms with Gasteiger partial charge in [-0.2, -0.15) is 0 Å². The second-order valence-electron chi connectivity index (χ2n) is 2.84. The van der Waals surface area contributed by atoms with Crippen molar-refractivity contribution >= 4 is 11.3 Å². The maximum absolute atomic E-state index is 5.24. The molecule has 0 aromatic carbocycles. The van der Waals surface area contributed by atoms with Crippen molar-refractivity contribution in [2.24, 2.45) is 0 Å². The van der Waals surface area contributed by atoms with Crippen molar-refractivity contribution in [1.29, 1.82) is 0 Å². The Bertz CT molecular complexity index is 244. The van der Waals surface area contributed by atoms with Gasteiger partial charge in [0.1, 0.15) is 15.6 Å². The van der Waals surface area contributed by atoms with Crippen molar-refractivity contribution in [3.05, 3.63) is 10.0 Å². The predicted molar refractivity (Wildman–Crippen MR) is 44.7 cm³/mol. The molecular formula is C7H12N2OS. The van der Waals surface area contributed by atoms with Crippen LogP contribution in [0.25, 0.3) is 0 Å². The first-order valence-corrected chi connectivity index (χ1v) is 4.23. The van der Waals surface area contributed by atoms with E-state index in [4.69, 9.17) is 4.74 Å². The van der Waals surface area contributed by atoms with Crippen molar-refractivity contribution in [3.63, 3.8) is 0 Å². The summed E-state index contributed by atoms with van der Waals surface area (Å²) in [6, 6.07) is 0. The molecule has 1 aromatic rings. The van der Waals surface area contributed by atoms with E-state index in [1.54, 1.807) is 18.4 Å². The van der Waals surface area contributed by atoms with Gasteiger partial charge in [0.2, 0.25) is 0 Å². The number of ether oxygens (including phenoxy) is 1. The van der Waals surface area contributed by atoms with Gasteiger partial charge in [0.25, 0.3) is 0 Å². The Morgan fingerprint density at radius 3 is 2.36 bits per heavy atom. The third-order valence-corrected chi connectivity index (χ3v) is 2.70. The molecule has 4 heteroatoms. The highest BCUT2D eigenvalue weighted by molar-refractivity contribution is 7.11. The van der Waals surface area contributed by atoms with E-state index in [-0.39, 0.29) is 5.60 Å². The molecule has 0 atom stereocenters. The second-order valence-corrected chi connectivity index (χ2v) is 4.02. The van der Waals surface area contributed by atoms with Crippen LogP contribution in [0.5, 0.6) is 0 Å². The van der Waals surface area contributed by atoms with Crippen LogP contribution in [0.2, 0.25) is 0 Å². The van der Waals surface area contributed by atoms with Crippen molar-refractivity contribution < 1.29 is 4.74 Å². The number of aromatic nitrogens is 2. The number of aryl methyl sites for hydroxylation is 1. The molecule has 0 fully saturated rings. The summed E-state index contributed by atoms with van der Waals surface area (Å²) < 4.78 is 5.24. The molecule has 0 aliphatic carbocycles. The van der Waals surface area contributed by atoms with Gasteiger partial charge < -0.3 is 4.74 Å². The largest absolute Gasteiger partial charge is 0.372 e. The lowest BCUT2D eigenvalue weighted by Crippen LogP contribution is -2.18. The first-order valence-electron chi connectivity index (χ1n) is 3.42. The third-order valence-electron chi connectivity index (χ3n) is 1.55. The minimum atomic E-state index is -0.300. The highest BCUT2D eigenvalue weighted by Gasteiger charge is 2.23. The Morgan fingerprint density at radius 2 is 2.00 bits per heavy atom. The molecule has 0 saturated carbocycles. The Labute approximate surface area is 70.4 Å². The van der Waals surface area contributed by atoms with Gasteiger partial charge in [-0.25, -0.2) is 0 Å². The van der Waals surface area contributed by atoms with Crippen molar-refractivity contribution in [3.8, 4) is 0 Å². The number of hydrogen-bond acceptors (Lipinski definition) is 4. The SMILES string of the molecule is COC(C)(C)c1nnc(C)s1. The van der Waals surface area contributed by atoms with E-state index in [0.717, 1.165) is 10.0 Å². The van der Waals surface area contributed by atoms with E-state index < -0.39 is 0 Å². The van der Waals surface area contributed by atoms with Gasteiger partial charge in [-0.1, -0.05) is 11.3 Å². The molecule has 0 amide bonds. The minimum absolute atomic E-state index is 0.300. The highest BCUT2D eigenvalue weighted by Crippen LogP contribution is 2.25. The summed E-state index contributed by atoms with van der Waals surface area (Å²) in [5, 5.41) is 9.83. The van der Waals surface area contributed by atoms with Gasteiger partial charge in [-0.3, -0.25) is 0 Å². The molecule has 0 unspecified atom stereocenters. The fraction of sp³-hybridized carbons (Fsp3) is 0.714. The molecule has 0 N–H and O–H groups in total. The summed E-state index contributed by atoms with van der Waals surface area (Å²) in [5.74, 6) is 0. The molecule has 62 valence electrons. The van der Waals surface area contributed by atoms with Crippen molar-refractivity contribution in [2.75, 3.05) is 7.11 Å². The molecule has 0 aliphatic heterocycles. The minimum Gasteiger partial charge on any atom is -0.372 e. The molecule has 0 aliphatic rings. The lowest BCUT2D eigenvalue weighted by atomic mass is 10.1. The fourth-order valence-electron chi connectivity index (χ4n) is 0.627. The van der Waals surface area contributed by atoms with Gasteiger partial charge in [0.15, 0.2) is 0 Å². The molecule has 1 rings (SSSR count). The number of nitrogens with zero attached hydrogens (tertiary/aromatic N) is 2. The molecule has 3 nitrogen and oxygen atoms in total. The van der Waals surface area contributed by atoms with Crippen LogP contribution in [0.1, 0.15) is 23.9 Å². The Morgan fingerprint density at radius 1 is 1.36 bits per heavy atom. The highest BCUT2D eigenvalue weighted by atomic mass is 32.1. The van der Waals surface area contributed by atoms with Gasteiger partial charge in [-0.05, 0) is 20.8 Å². The van der Waals surface area contributed by atoms with Crippen molar-refractivity contribution in [2.45, 2.75) is 26.4 Å². The quantitative estimate of drug-likeness (QED) is 0.681. The second kappa shape index (κ2) is 2.87. The Kier molecular flexibility index (Phi) is 2.25. The normalized spacial score (nSPS) is 12.0. The smallest absolute Gasteiger partial charge is 0.148 e. The van der Waals surface area contributed by atoms with Crippen LogP contribution >= 0.6 is 11.3 Å². The van der Waals surface area contributed by atoms with Crippen LogP contribution in [0.3, 0.4) is 0 Å². The van der Waals surface area contributed by atoms with Gasteiger partial charge >= 0.3 is 0 Å². The van der Waals surface area contributed by atoms with Gasteiger partial charge in [0, 0.05) is 7.11 Å². The van der Waals surface area contributed by atoms with Gasteiger partial charge in [0.05, 0.1) is 0 Å². The maximum Gasteiger partial charge on any atom is 0.148 e. The molecule has 0 spiro atoms. The summed E-state index contributed by atoms with van der Waals surface area (Å²) >= 11 is 1.57. The Balaban J connectivity index is 2.92. The lowest BCUT2D eigenvalue weighted by molar-refractivity contribution is 0.0185. The van der Waals surface area contributed by atoms with Crippen LogP contribution in [0.4, 0.5) is 0 Å². The number of methoxy groups -OCH3 is 1. The van der Waals surface area contributed by atoms with Crippen LogP contribution in [-0.4, -0.2) is 17.3 Å². The summed E-state index contributed by atoms with van der Waals surface area (Å²) in [6.07, 6.45) is 0. The van der Waals surface area contributed by atoms with E-state index in [1.807, 2.05) is 20.8 Å². The summed E-state index contributed by atoms with van der Waals surface area (Å²) in [7, 11) is 1.68. The van der Waals surface area contributed by atoms with E-state index in [9.17, 15) is 0 Å². The monoisotopic (exact) mass is 172 g/mol. The molecule has 0 radical (unpaired) electrons. The van der Waals surface area contributed by atoms with Gasteiger partial charge in [-0.15, -0.1) is 10.2 Å². The maximum atomic E-state index is 5.24. The summed E-state index contributed by atoms with van der Waals surface area (Å²) in [6.45, 7) is 5.90. The molecule has 0 bridgehead atoms. The molecular weight excluding hydrogens is 160 g/mol.